The molecule has 0 radical (unpaired) electrons. The van der Waals surface area contributed by atoms with Crippen molar-refractivity contribution in [1.82, 2.24) is 15.6 Å². The Morgan fingerprint density at radius 1 is 0.967 bits per heavy atom. The first-order valence-corrected chi connectivity index (χ1v) is 11.3. The highest BCUT2D eigenvalue weighted by atomic mass is 16.2. The first kappa shape index (κ1) is 20.5. The molecule has 0 saturated carbocycles. The molecule has 2 fully saturated rings. The number of hydrogen-bond donors (Lipinski definition) is 2. The molecule has 3 heterocycles. The van der Waals surface area contributed by atoms with Crippen molar-refractivity contribution in [2.45, 2.75) is 51.1 Å². The molecule has 160 valence electrons. The van der Waals surface area contributed by atoms with Crippen LogP contribution in [0.15, 0.2) is 48.7 Å². The Morgan fingerprint density at radius 2 is 1.73 bits per heavy atom. The Labute approximate surface area is 179 Å². The summed E-state index contributed by atoms with van der Waals surface area (Å²) in [6.07, 6.45) is 9.03. The highest BCUT2D eigenvalue weighted by molar-refractivity contribution is 5.74. The van der Waals surface area contributed by atoms with Gasteiger partial charge in [0.25, 0.3) is 0 Å². The monoisotopic (exact) mass is 407 g/mol. The number of aromatic nitrogens is 1. The fraction of sp³-hybridized carbons (Fsp3) is 0.500. The lowest BCUT2D eigenvalue weighted by Gasteiger charge is -2.34. The Hall–Kier alpha value is -2.76. The summed E-state index contributed by atoms with van der Waals surface area (Å²) in [4.78, 5) is 21.8. The van der Waals surface area contributed by atoms with Gasteiger partial charge in [0, 0.05) is 50.6 Å². The number of benzene rings is 1. The van der Waals surface area contributed by atoms with E-state index in [1.807, 2.05) is 18.3 Å². The van der Waals surface area contributed by atoms with Crippen molar-refractivity contribution in [3.8, 4) is 0 Å². The second-order valence-corrected chi connectivity index (χ2v) is 8.37. The minimum absolute atomic E-state index is 0.0944. The summed E-state index contributed by atoms with van der Waals surface area (Å²) < 4.78 is 0. The minimum atomic E-state index is -0.0944. The Balaban J connectivity index is 1.27. The van der Waals surface area contributed by atoms with Crippen LogP contribution >= 0.6 is 0 Å². The van der Waals surface area contributed by atoms with Gasteiger partial charge in [0.15, 0.2) is 0 Å². The summed E-state index contributed by atoms with van der Waals surface area (Å²) in [6, 6.07) is 14.6. The standard InChI is InChI=1S/C24H33N5O/c30-24(27-21-9-8-16-29(19-21)22-10-4-3-5-11-22)26-18-20-12-13-25-23(17-20)28-14-6-1-2-7-15-28/h3-5,10-13,17,21H,1-2,6-9,14-16,18-19H2,(H2,26,27,30). The molecular weight excluding hydrogens is 374 g/mol. The third-order valence-corrected chi connectivity index (χ3v) is 6.07. The van der Waals surface area contributed by atoms with Crippen molar-refractivity contribution in [3.05, 3.63) is 54.2 Å². The predicted octanol–water partition coefficient (Wildman–Crippen LogP) is 3.93. The Bertz CT molecular complexity index is 804. The number of para-hydroxylation sites is 1. The number of amides is 2. The highest BCUT2D eigenvalue weighted by Gasteiger charge is 2.21. The number of pyridine rings is 1. The van der Waals surface area contributed by atoms with Crippen LogP contribution in [0.1, 0.15) is 44.1 Å². The zero-order valence-electron chi connectivity index (χ0n) is 17.7. The van der Waals surface area contributed by atoms with E-state index in [1.165, 1.54) is 31.4 Å². The van der Waals surface area contributed by atoms with Gasteiger partial charge in [-0.3, -0.25) is 0 Å². The minimum Gasteiger partial charge on any atom is -0.369 e. The third kappa shape index (κ3) is 5.65. The molecule has 1 atom stereocenters. The van der Waals surface area contributed by atoms with Crippen molar-refractivity contribution in [2.75, 3.05) is 36.0 Å². The number of hydrogen-bond acceptors (Lipinski definition) is 4. The molecule has 1 aromatic carbocycles. The van der Waals surface area contributed by atoms with Crippen molar-refractivity contribution in [3.63, 3.8) is 0 Å². The molecular formula is C24H33N5O. The van der Waals surface area contributed by atoms with E-state index in [1.54, 1.807) is 0 Å². The van der Waals surface area contributed by atoms with Gasteiger partial charge in [0.2, 0.25) is 0 Å². The van der Waals surface area contributed by atoms with Gasteiger partial charge < -0.3 is 20.4 Å². The molecule has 0 bridgehead atoms. The van der Waals surface area contributed by atoms with E-state index in [0.717, 1.165) is 50.4 Å². The lowest BCUT2D eigenvalue weighted by atomic mass is 10.1. The maximum atomic E-state index is 12.5. The summed E-state index contributed by atoms with van der Waals surface area (Å²) in [6.45, 7) is 4.56. The smallest absolute Gasteiger partial charge is 0.315 e. The van der Waals surface area contributed by atoms with Gasteiger partial charge in [-0.2, -0.15) is 0 Å². The van der Waals surface area contributed by atoms with Gasteiger partial charge in [-0.25, -0.2) is 9.78 Å². The lowest BCUT2D eigenvalue weighted by Crippen LogP contribution is -2.50. The summed E-state index contributed by atoms with van der Waals surface area (Å²) in [5.74, 6) is 1.03. The summed E-state index contributed by atoms with van der Waals surface area (Å²) in [5.41, 5.74) is 2.32. The molecule has 2 amide bonds. The fourth-order valence-electron chi connectivity index (χ4n) is 4.43. The van der Waals surface area contributed by atoms with Crippen molar-refractivity contribution in [1.29, 1.82) is 0 Å². The van der Waals surface area contributed by atoms with Crippen LogP contribution in [0.25, 0.3) is 0 Å². The number of rotatable bonds is 5. The number of nitrogens with one attached hydrogen (secondary N) is 2. The first-order chi connectivity index (χ1) is 14.8. The molecule has 6 nitrogen and oxygen atoms in total. The van der Waals surface area contributed by atoms with Crippen LogP contribution in [0, 0.1) is 0 Å². The normalized spacial score (nSPS) is 19.8. The maximum Gasteiger partial charge on any atom is 0.315 e. The molecule has 0 aliphatic carbocycles. The molecule has 2 aliphatic heterocycles. The molecule has 4 rings (SSSR count). The van der Waals surface area contributed by atoms with Gasteiger partial charge in [0.05, 0.1) is 0 Å². The SMILES string of the molecule is O=C(NCc1ccnc(N2CCCCCC2)c1)NC1CCCN(c2ccccc2)C1. The van der Waals surface area contributed by atoms with E-state index < -0.39 is 0 Å². The van der Waals surface area contributed by atoms with Gasteiger partial charge >= 0.3 is 6.03 Å². The molecule has 1 aromatic heterocycles. The molecule has 0 spiro atoms. The van der Waals surface area contributed by atoms with Crippen LogP contribution in [0.2, 0.25) is 0 Å². The molecule has 2 saturated heterocycles. The highest BCUT2D eigenvalue weighted by Crippen LogP contribution is 2.20. The number of carbonyl (C=O) groups is 1. The second-order valence-electron chi connectivity index (χ2n) is 8.37. The van der Waals surface area contributed by atoms with Crippen molar-refractivity contribution >= 4 is 17.5 Å². The average Bonchev–Trinajstić information content (AvgIpc) is 3.08. The number of carbonyl (C=O) groups excluding carboxylic acids is 1. The van der Waals surface area contributed by atoms with Crippen LogP contribution in [-0.4, -0.2) is 43.2 Å². The largest absolute Gasteiger partial charge is 0.369 e. The van der Waals surface area contributed by atoms with E-state index in [-0.39, 0.29) is 12.1 Å². The predicted molar refractivity (Wildman–Crippen MR) is 122 cm³/mol. The van der Waals surface area contributed by atoms with E-state index in [4.69, 9.17) is 0 Å². The molecule has 2 aromatic rings. The first-order valence-electron chi connectivity index (χ1n) is 11.3. The number of nitrogens with zero attached hydrogens (tertiary/aromatic N) is 3. The second kappa shape index (κ2) is 10.3. The third-order valence-electron chi connectivity index (χ3n) is 6.07. The van der Waals surface area contributed by atoms with Crippen LogP contribution in [0.4, 0.5) is 16.3 Å². The zero-order chi connectivity index (χ0) is 20.6. The quantitative estimate of drug-likeness (QED) is 0.788. The van der Waals surface area contributed by atoms with Crippen molar-refractivity contribution in [2.24, 2.45) is 0 Å². The van der Waals surface area contributed by atoms with Gasteiger partial charge in [0.1, 0.15) is 5.82 Å². The number of piperidine rings is 1. The molecule has 6 heteroatoms. The number of urea groups is 1. The summed E-state index contributed by atoms with van der Waals surface area (Å²) in [7, 11) is 0. The summed E-state index contributed by atoms with van der Waals surface area (Å²) in [5, 5.41) is 6.19. The van der Waals surface area contributed by atoms with E-state index in [0.29, 0.717) is 6.54 Å². The molecule has 1 unspecified atom stereocenters. The maximum absolute atomic E-state index is 12.5. The lowest BCUT2D eigenvalue weighted by molar-refractivity contribution is 0.234. The van der Waals surface area contributed by atoms with Crippen LogP contribution < -0.4 is 20.4 Å². The zero-order valence-corrected chi connectivity index (χ0v) is 17.7. The van der Waals surface area contributed by atoms with Gasteiger partial charge in [-0.05, 0) is 55.5 Å². The number of anilines is 2. The topological polar surface area (TPSA) is 60.5 Å². The molecule has 30 heavy (non-hydrogen) atoms. The van der Waals surface area contributed by atoms with Crippen LogP contribution in [0.3, 0.4) is 0 Å². The van der Waals surface area contributed by atoms with Crippen LogP contribution in [0.5, 0.6) is 0 Å². The average molecular weight is 408 g/mol. The Kier molecular flexibility index (Phi) is 7.06. The summed E-state index contributed by atoms with van der Waals surface area (Å²) >= 11 is 0. The van der Waals surface area contributed by atoms with Crippen molar-refractivity contribution < 1.29 is 4.79 Å². The van der Waals surface area contributed by atoms with Gasteiger partial charge in [-0.1, -0.05) is 31.0 Å². The van der Waals surface area contributed by atoms with E-state index in [2.05, 4.69) is 55.7 Å². The van der Waals surface area contributed by atoms with Gasteiger partial charge in [-0.15, -0.1) is 0 Å². The fourth-order valence-corrected chi connectivity index (χ4v) is 4.43. The van der Waals surface area contributed by atoms with E-state index >= 15 is 0 Å². The molecule has 2 N–H and O–H groups in total. The Morgan fingerprint density at radius 3 is 2.53 bits per heavy atom. The van der Waals surface area contributed by atoms with Crippen LogP contribution in [-0.2, 0) is 6.54 Å². The molecule has 2 aliphatic rings. The van der Waals surface area contributed by atoms with E-state index in [9.17, 15) is 4.79 Å².